The predicted molar refractivity (Wildman–Crippen MR) is 149 cm³/mol. The van der Waals surface area contributed by atoms with Gasteiger partial charge in [-0.1, -0.05) is 24.3 Å². The Hall–Kier alpha value is -3.47. The van der Waals surface area contributed by atoms with E-state index in [2.05, 4.69) is 17.5 Å². The van der Waals surface area contributed by atoms with Gasteiger partial charge in [-0.2, -0.15) is 0 Å². The number of ether oxygens (including phenoxy) is 4. The van der Waals surface area contributed by atoms with Crippen molar-refractivity contribution < 1.29 is 28.5 Å². The minimum Gasteiger partial charge on any atom is -0.497 e. The second kappa shape index (κ2) is 12.9. The highest BCUT2D eigenvalue weighted by Gasteiger charge is 2.25. The fraction of sp³-hybridized carbons (Fsp3) is 0.321. The molecule has 0 saturated carbocycles. The first-order valence-electron chi connectivity index (χ1n) is 12.2. The zero-order chi connectivity index (χ0) is 27.1. The fourth-order valence-electron chi connectivity index (χ4n) is 4.07. The normalized spacial score (nSPS) is 11.1. The number of thiazole rings is 1. The average molecular weight is 555 g/mol. The highest BCUT2D eigenvalue weighted by atomic mass is 32.1. The highest BCUT2D eigenvalue weighted by Crippen LogP contribution is 2.38. The van der Waals surface area contributed by atoms with Gasteiger partial charge in [0.2, 0.25) is 0 Å². The number of benzene rings is 2. The summed E-state index contributed by atoms with van der Waals surface area (Å²) in [5.41, 5.74) is 2.38. The van der Waals surface area contributed by atoms with Crippen LogP contribution >= 0.6 is 22.7 Å². The lowest BCUT2D eigenvalue weighted by Gasteiger charge is -2.22. The Labute approximate surface area is 229 Å². The van der Waals surface area contributed by atoms with E-state index in [1.807, 2.05) is 29.2 Å². The molecule has 0 amide bonds. The lowest BCUT2D eigenvalue weighted by atomic mass is 10.1. The maximum Gasteiger partial charge on any atom is 0.350 e. The largest absolute Gasteiger partial charge is 0.497 e. The summed E-state index contributed by atoms with van der Waals surface area (Å²) in [6, 6.07) is 13.6. The molecule has 0 radical (unpaired) electrons. The monoisotopic (exact) mass is 554 g/mol. The van der Waals surface area contributed by atoms with Crippen molar-refractivity contribution in [1.29, 1.82) is 0 Å². The zero-order valence-electron chi connectivity index (χ0n) is 21.8. The van der Waals surface area contributed by atoms with E-state index in [-0.39, 0.29) is 32.3 Å². The van der Waals surface area contributed by atoms with Crippen LogP contribution in [0, 0.1) is 0 Å². The number of methoxy groups -OCH3 is 2. The van der Waals surface area contributed by atoms with E-state index < -0.39 is 5.97 Å². The molecule has 38 heavy (non-hydrogen) atoms. The van der Waals surface area contributed by atoms with Crippen molar-refractivity contribution in [1.82, 2.24) is 9.88 Å². The summed E-state index contributed by atoms with van der Waals surface area (Å²) in [4.78, 5) is 32.7. The van der Waals surface area contributed by atoms with Gasteiger partial charge in [-0.15, -0.1) is 22.7 Å². The summed E-state index contributed by atoms with van der Waals surface area (Å²) in [6.07, 6.45) is 0. The van der Waals surface area contributed by atoms with Crippen molar-refractivity contribution in [2.24, 2.45) is 0 Å². The Balaban J connectivity index is 1.71. The first-order chi connectivity index (χ1) is 18.5. The van der Waals surface area contributed by atoms with Crippen molar-refractivity contribution in [3.63, 3.8) is 0 Å². The molecule has 4 aromatic rings. The number of rotatable bonds is 12. The molecule has 10 heteroatoms. The van der Waals surface area contributed by atoms with Crippen molar-refractivity contribution in [3.8, 4) is 22.1 Å². The smallest absolute Gasteiger partial charge is 0.350 e. The lowest BCUT2D eigenvalue weighted by molar-refractivity contribution is -0.144. The van der Waals surface area contributed by atoms with E-state index in [1.165, 1.54) is 11.3 Å². The average Bonchev–Trinajstić information content (AvgIpc) is 3.53. The van der Waals surface area contributed by atoms with Gasteiger partial charge in [0, 0.05) is 45.7 Å². The lowest BCUT2D eigenvalue weighted by Crippen LogP contribution is -2.31. The number of hydrogen-bond acceptors (Lipinski definition) is 10. The first-order valence-corrected chi connectivity index (χ1v) is 13.9. The summed E-state index contributed by atoms with van der Waals surface area (Å²) < 4.78 is 22.6. The molecule has 2 aromatic carbocycles. The summed E-state index contributed by atoms with van der Waals surface area (Å²) in [5.74, 6) is 0.507. The fourth-order valence-corrected chi connectivity index (χ4v) is 6.08. The third-order valence-corrected chi connectivity index (χ3v) is 7.86. The number of hydrogen-bond donors (Lipinski definition) is 0. The molecule has 0 unspecified atom stereocenters. The van der Waals surface area contributed by atoms with Crippen molar-refractivity contribution >= 4 is 44.7 Å². The van der Waals surface area contributed by atoms with Crippen molar-refractivity contribution in [2.75, 3.05) is 34.0 Å². The van der Waals surface area contributed by atoms with Gasteiger partial charge in [0.25, 0.3) is 0 Å². The number of fused-ring (bicyclic) bond motifs is 1. The maximum absolute atomic E-state index is 13.0. The van der Waals surface area contributed by atoms with Gasteiger partial charge in [0.1, 0.15) is 21.4 Å². The van der Waals surface area contributed by atoms with Gasteiger partial charge in [0.05, 0.1) is 39.7 Å². The minimum atomic E-state index is -0.427. The minimum absolute atomic E-state index is 0.0134. The SMILES string of the molecule is CCOC(=O)CN(Cc1ccc(OC)cc1OC)Cc1nc(-c2csc3ccccc23)sc1C(=O)OCC. The Morgan fingerprint density at radius 3 is 2.50 bits per heavy atom. The van der Waals surface area contributed by atoms with E-state index in [9.17, 15) is 9.59 Å². The van der Waals surface area contributed by atoms with Crippen LogP contribution in [-0.2, 0) is 27.4 Å². The highest BCUT2D eigenvalue weighted by molar-refractivity contribution is 7.20. The van der Waals surface area contributed by atoms with Gasteiger partial charge in [0.15, 0.2) is 0 Å². The molecule has 0 N–H and O–H groups in total. The van der Waals surface area contributed by atoms with E-state index in [1.54, 1.807) is 45.5 Å². The number of carbonyl (C=O) groups excluding carboxylic acids is 2. The number of nitrogens with zero attached hydrogens (tertiary/aromatic N) is 2. The van der Waals surface area contributed by atoms with Crippen LogP contribution < -0.4 is 9.47 Å². The second-order valence-electron chi connectivity index (χ2n) is 8.29. The van der Waals surface area contributed by atoms with Crippen LogP contribution in [-0.4, -0.2) is 55.8 Å². The molecular formula is C28H30N2O6S2. The third-order valence-electron chi connectivity index (χ3n) is 5.79. The molecule has 0 aliphatic carbocycles. The number of carbonyl (C=O) groups is 2. The van der Waals surface area contributed by atoms with E-state index >= 15 is 0 Å². The molecular weight excluding hydrogens is 524 g/mol. The summed E-state index contributed by atoms with van der Waals surface area (Å²) in [6.45, 7) is 4.68. The molecule has 0 aliphatic heterocycles. The van der Waals surface area contributed by atoms with Gasteiger partial charge in [-0.3, -0.25) is 9.69 Å². The van der Waals surface area contributed by atoms with E-state index in [0.717, 1.165) is 26.2 Å². The first kappa shape index (κ1) is 27.6. The van der Waals surface area contributed by atoms with Gasteiger partial charge < -0.3 is 18.9 Å². The molecule has 0 aliphatic rings. The van der Waals surface area contributed by atoms with Crippen LogP contribution in [0.3, 0.4) is 0 Å². The molecule has 4 rings (SSSR count). The topological polar surface area (TPSA) is 87.2 Å². The van der Waals surface area contributed by atoms with Crippen LogP contribution in [0.2, 0.25) is 0 Å². The van der Waals surface area contributed by atoms with Crippen LogP contribution in [0.15, 0.2) is 47.8 Å². The second-order valence-corrected chi connectivity index (χ2v) is 10.2. The van der Waals surface area contributed by atoms with Crippen molar-refractivity contribution in [3.05, 3.63) is 64.0 Å². The molecule has 2 aromatic heterocycles. The van der Waals surface area contributed by atoms with Crippen LogP contribution in [0.25, 0.3) is 20.7 Å². The van der Waals surface area contributed by atoms with Crippen molar-refractivity contribution in [2.45, 2.75) is 26.9 Å². The molecule has 0 spiro atoms. The van der Waals surface area contributed by atoms with Crippen LogP contribution in [0.4, 0.5) is 0 Å². The summed E-state index contributed by atoms with van der Waals surface area (Å²) >= 11 is 2.94. The van der Waals surface area contributed by atoms with Gasteiger partial charge >= 0.3 is 11.9 Å². The molecule has 0 saturated heterocycles. The Bertz CT molecular complexity index is 1410. The number of esters is 2. The maximum atomic E-state index is 13.0. The molecule has 200 valence electrons. The number of thiophene rings is 1. The quantitative estimate of drug-likeness (QED) is 0.204. The third kappa shape index (κ3) is 6.32. The molecule has 2 heterocycles. The Kier molecular flexibility index (Phi) is 9.33. The predicted octanol–water partition coefficient (Wildman–Crippen LogP) is 5.78. The van der Waals surface area contributed by atoms with Crippen LogP contribution in [0.5, 0.6) is 11.5 Å². The standard InChI is InChI=1S/C28H30N2O6S2/c1-5-35-25(31)16-30(14-18-11-12-19(33-3)13-23(18)34-4)15-22-26(28(32)36-6-2)38-27(29-22)21-17-37-24-10-8-7-9-20(21)24/h7-13,17H,5-6,14-16H2,1-4H3. The van der Waals surface area contributed by atoms with E-state index in [0.29, 0.717) is 28.6 Å². The zero-order valence-corrected chi connectivity index (χ0v) is 23.4. The molecule has 0 fully saturated rings. The van der Waals surface area contributed by atoms with E-state index in [4.69, 9.17) is 23.9 Å². The molecule has 8 nitrogen and oxygen atoms in total. The molecule has 0 bridgehead atoms. The summed E-state index contributed by atoms with van der Waals surface area (Å²) in [7, 11) is 3.18. The van der Waals surface area contributed by atoms with Gasteiger partial charge in [-0.25, -0.2) is 9.78 Å². The molecule has 0 atom stereocenters. The van der Waals surface area contributed by atoms with Crippen LogP contribution in [0.1, 0.15) is 34.8 Å². The Morgan fingerprint density at radius 1 is 0.974 bits per heavy atom. The summed E-state index contributed by atoms with van der Waals surface area (Å²) in [5, 5.41) is 3.87. The van der Waals surface area contributed by atoms with Gasteiger partial charge in [-0.05, 0) is 26.0 Å². The Morgan fingerprint density at radius 2 is 1.76 bits per heavy atom. The number of aromatic nitrogens is 1.